The van der Waals surface area contributed by atoms with E-state index >= 15 is 0 Å². The van der Waals surface area contributed by atoms with Crippen LogP contribution < -0.4 is 0 Å². The van der Waals surface area contributed by atoms with Crippen LogP contribution in [-0.2, 0) is 16.6 Å². The Balaban J connectivity index is 2.11. The van der Waals surface area contributed by atoms with Gasteiger partial charge in [0.15, 0.2) is 0 Å². The van der Waals surface area contributed by atoms with Crippen LogP contribution in [0.15, 0.2) is 53.4 Å². The first-order chi connectivity index (χ1) is 8.15. The van der Waals surface area contributed by atoms with Crippen molar-refractivity contribution in [2.75, 3.05) is 0 Å². The summed E-state index contributed by atoms with van der Waals surface area (Å²) >= 11 is 11.6. The van der Waals surface area contributed by atoms with Gasteiger partial charge in [0.1, 0.15) is 0 Å². The number of hydrogen-bond donors (Lipinski definition) is 0. The maximum Gasteiger partial charge on any atom is 0.0574 e. The van der Waals surface area contributed by atoms with Crippen LogP contribution in [0.3, 0.4) is 0 Å². The van der Waals surface area contributed by atoms with Crippen LogP contribution in [0.5, 0.6) is 0 Å². The summed E-state index contributed by atoms with van der Waals surface area (Å²) in [5.74, 6) is 0.485. The minimum absolute atomic E-state index is 0.485. The third kappa shape index (κ3) is 3.56. The first-order valence-corrected chi connectivity index (χ1v) is 7.11. The zero-order chi connectivity index (χ0) is 12.3. The lowest BCUT2D eigenvalue weighted by Crippen LogP contribution is -1.95. The van der Waals surface area contributed by atoms with Gasteiger partial charge in [-0.05, 0) is 42.0 Å². The molecule has 0 aliphatic rings. The lowest BCUT2D eigenvalue weighted by molar-refractivity contribution is 0.682. The van der Waals surface area contributed by atoms with Crippen molar-refractivity contribution in [1.82, 2.24) is 0 Å². The molecule has 17 heavy (non-hydrogen) atoms. The van der Waals surface area contributed by atoms with Crippen LogP contribution >= 0.6 is 23.2 Å². The van der Waals surface area contributed by atoms with Gasteiger partial charge in [-0.15, -0.1) is 0 Å². The molecule has 0 aromatic heterocycles. The molecular weight excluding hydrogens is 275 g/mol. The predicted molar refractivity (Wildman–Crippen MR) is 73.0 cm³/mol. The van der Waals surface area contributed by atoms with Gasteiger partial charge in [0.2, 0.25) is 0 Å². The van der Waals surface area contributed by atoms with Gasteiger partial charge in [-0.1, -0.05) is 35.3 Å². The molecule has 2 aromatic carbocycles. The molecule has 0 unspecified atom stereocenters. The van der Waals surface area contributed by atoms with Crippen molar-refractivity contribution in [1.29, 1.82) is 0 Å². The smallest absolute Gasteiger partial charge is 0.0574 e. The quantitative estimate of drug-likeness (QED) is 0.821. The molecule has 0 saturated carbocycles. The van der Waals surface area contributed by atoms with Crippen LogP contribution in [0.4, 0.5) is 0 Å². The van der Waals surface area contributed by atoms with Crippen LogP contribution in [0.2, 0.25) is 10.0 Å². The molecule has 0 saturated heterocycles. The van der Waals surface area contributed by atoms with Crippen molar-refractivity contribution in [2.24, 2.45) is 0 Å². The highest BCUT2D eigenvalue weighted by molar-refractivity contribution is 7.84. The predicted octanol–water partition coefficient (Wildman–Crippen LogP) is 4.30. The van der Waals surface area contributed by atoms with E-state index in [9.17, 15) is 4.21 Å². The molecule has 4 heteroatoms. The molecule has 2 rings (SSSR count). The number of benzene rings is 2. The average Bonchev–Trinajstić information content (AvgIpc) is 2.33. The molecule has 0 fully saturated rings. The molecular formula is C13H10Cl2OS. The normalized spacial score (nSPS) is 12.4. The van der Waals surface area contributed by atoms with Crippen molar-refractivity contribution in [3.05, 3.63) is 64.1 Å². The van der Waals surface area contributed by atoms with Gasteiger partial charge in [-0.25, -0.2) is 0 Å². The Morgan fingerprint density at radius 2 is 1.29 bits per heavy atom. The van der Waals surface area contributed by atoms with Crippen LogP contribution in [-0.4, -0.2) is 4.21 Å². The summed E-state index contributed by atoms with van der Waals surface area (Å²) in [5, 5.41) is 1.34. The van der Waals surface area contributed by atoms with E-state index < -0.39 is 10.8 Å². The van der Waals surface area contributed by atoms with Crippen molar-refractivity contribution < 1.29 is 4.21 Å². The Labute approximate surface area is 113 Å². The summed E-state index contributed by atoms with van der Waals surface area (Å²) in [6.07, 6.45) is 0. The van der Waals surface area contributed by atoms with E-state index in [4.69, 9.17) is 23.2 Å². The summed E-state index contributed by atoms with van der Waals surface area (Å²) in [6, 6.07) is 14.4. The van der Waals surface area contributed by atoms with E-state index in [1.165, 1.54) is 0 Å². The molecule has 1 atom stereocenters. The molecule has 0 spiro atoms. The summed E-state index contributed by atoms with van der Waals surface area (Å²) in [4.78, 5) is 0.782. The third-order valence-electron chi connectivity index (χ3n) is 2.29. The molecule has 2 aromatic rings. The molecule has 0 N–H and O–H groups in total. The Hall–Kier alpha value is -0.830. The topological polar surface area (TPSA) is 17.1 Å². The third-order valence-corrected chi connectivity index (χ3v) is 4.18. The number of halogens is 2. The van der Waals surface area contributed by atoms with Crippen molar-refractivity contribution in [3.63, 3.8) is 0 Å². The van der Waals surface area contributed by atoms with E-state index in [1.807, 2.05) is 12.1 Å². The molecule has 0 bridgehead atoms. The second-order valence-corrected chi connectivity index (χ2v) is 5.89. The van der Waals surface area contributed by atoms with Crippen LogP contribution in [0.25, 0.3) is 0 Å². The molecule has 0 aliphatic carbocycles. The lowest BCUT2D eigenvalue weighted by atomic mass is 10.2. The molecule has 88 valence electrons. The van der Waals surface area contributed by atoms with Gasteiger partial charge in [-0.2, -0.15) is 0 Å². The zero-order valence-electron chi connectivity index (χ0n) is 8.90. The van der Waals surface area contributed by atoms with Crippen LogP contribution in [0.1, 0.15) is 5.56 Å². The molecule has 0 heterocycles. The number of hydrogen-bond acceptors (Lipinski definition) is 1. The highest BCUT2D eigenvalue weighted by Gasteiger charge is 2.05. The van der Waals surface area contributed by atoms with Gasteiger partial charge in [0.25, 0.3) is 0 Å². The summed E-state index contributed by atoms with van der Waals surface area (Å²) in [7, 11) is -1.05. The summed E-state index contributed by atoms with van der Waals surface area (Å²) in [6.45, 7) is 0. The van der Waals surface area contributed by atoms with Gasteiger partial charge in [-0.3, -0.25) is 4.21 Å². The van der Waals surface area contributed by atoms with Crippen molar-refractivity contribution in [2.45, 2.75) is 10.6 Å². The van der Waals surface area contributed by atoms with E-state index in [1.54, 1.807) is 36.4 Å². The first kappa shape index (κ1) is 12.6. The van der Waals surface area contributed by atoms with E-state index in [0.29, 0.717) is 15.8 Å². The summed E-state index contributed by atoms with van der Waals surface area (Å²) < 4.78 is 12.0. The SMILES string of the molecule is O=[S@@](Cc1ccc(Cl)cc1)c1ccc(Cl)cc1. The Morgan fingerprint density at radius 3 is 1.82 bits per heavy atom. The fraction of sp³-hybridized carbons (Fsp3) is 0.0769. The second kappa shape index (κ2) is 5.67. The van der Waals surface area contributed by atoms with Gasteiger partial charge < -0.3 is 0 Å². The standard InChI is InChI=1S/C13H10Cl2OS/c14-11-3-1-10(2-4-11)9-17(16)13-7-5-12(15)6-8-13/h1-8H,9H2/t17-/m0/s1. The first-order valence-electron chi connectivity index (χ1n) is 5.03. The minimum Gasteiger partial charge on any atom is -0.254 e. The van der Waals surface area contributed by atoms with E-state index in [0.717, 1.165) is 10.5 Å². The molecule has 0 amide bonds. The largest absolute Gasteiger partial charge is 0.254 e. The highest BCUT2D eigenvalue weighted by Crippen LogP contribution is 2.17. The van der Waals surface area contributed by atoms with Gasteiger partial charge in [0.05, 0.1) is 16.6 Å². The van der Waals surface area contributed by atoms with Crippen molar-refractivity contribution in [3.8, 4) is 0 Å². The minimum atomic E-state index is -1.05. The zero-order valence-corrected chi connectivity index (χ0v) is 11.2. The molecule has 0 radical (unpaired) electrons. The Morgan fingerprint density at radius 1 is 0.824 bits per heavy atom. The number of rotatable bonds is 3. The Bertz CT molecular complexity index is 520. The Kier molecular flexibility index (Phi) is 4.21. The van der Waals surface area contributed by atoms with Gasteiger partial charge in [0, 0.05) is 14.9 Å². The maximum atomic E-state index is 12.0. The van der Waals surface area contributed by atoms with E-state index in [-0.39, 0.29) is 0 Å². The lowest BCUT2D eigenvalue weighted by Gasteiger charge is -2.03. The fourth-order valence-corrected chi connectivity index (χ4v) is 2.76. The fourth-order valence-electron chi connectivity index (χ4n) is 1.40. The highest BCUT2D eigenvalue weighted by atomic mass is 35.5. The van der Waals surface area contributed by atoms with E-state index in [2.05, 4.69) is 0 Å². The van der Waals surface area contributed by atoms with Crippen molar-refractivity contribution >= 4 is 34.0 Å². The maximum absolute atomic E-state index is 12.0. The van der Waals surface area contributed by atoms with Crippen LogP contribution in [0, 0.1) is 0 Å². The second-order valence-electron chi connectivity index (χ2n) is 3.57. The summed E-state index contributed by atoms with van der Waals surface area (Å²) in [5.41, 5.74) is 1.00. The average molecular weight is 285 g/mol. The monoisotopic (exact) mass is 284 g/mol. The van der Waals surface area contributed by atoms with Gasteiger partial charge >= 0.3 is 0 Å². The molecule has 0 aliphatic heterocycles. The molecule has 1 nitrogen and oxygen atoms in total.